The Balaban J connectivity index is 0.000000845. The van der Waals surface area contributed by atoms with Crippen molar-refractivity contribution in [3.8, 4) is 5.75 Å². The van der Waals surface area contributed by atoms with E-state index in [0.717, 1.165) is 0 Å². The molecule has 0 spiro atoms. The standard InChI is InChI=1S/C10H10FO.CH3.V/c1-10(11)6-7-12-9-5-3-2-4-8(9)10;;/h2-4H,6-7H2,1H3;1H3;/q2*-1;+2. The molecule has 0 amide bonds. The quantitative estimate of drug-likeness (QED) is 0.624. The Morgan fingerprint density at radius 3 is 2.93 bits per heavy atom. The summed E-state index contributed by atoms with van der Waals surface area (Å²) in [5.74, 6) is 0.564. The van der Waals surface area contributed by atoms with Gasteiger partial charge in [0.1, 0.15) is 0 Å². The zero-order valence-electron chi connectivity index (χ0n) is 8.38. The van der Waals surface area contributed by atoms with Gasteiger partial charge < -0.3 is 12.2 Å². The predicted octanol–water partition coefficient (Wildman–Crippen LogP) is 2.90. The molecule has 14 heavy (non-hydrogen) atoms. The zero-order valence-corrected chi connectivity index (χ0v) is 9.78. The van der Waals surface area contributed by atoms with Crippen molar-refractivity contribution in [1.82, 2.24) is 0 Å². The van der Waals surface area contributed by atoms with E-state index in [1.165, 1.54) is 0 Å². The first kappa shape index (κ1) is 13.5. The number of ether oxygens (including phenoxy) is 1. The molecule has 0 saturated carbocycles. The van der Waals surface area contributed by atoms with Gasteiger partial charge in [-0.15, -0.1) is 6.07 Å². The molecule has 1 aromatic rings. The van der Waals surface area contributed by atoms with E-state index in [-0.39, 0.29) is 26.0 Å². The molecular formula is C11H13FOV. The third kappa shape index (κ3) is 2.31. The third-order valence-electron chi connectivity index (χ3n) is 2.20. The van der Waals surface area contributed by atoms with Crippen LogP contribution in [0.4, 0.5) is 4.39 Å². The number of rotatable bonds is 0. The first-order valence-electron chi connectivity index (χ1n) is 4.03. The third-order valence-corrected chi connectivity index (χ3v) is 2.20. The van der Waals surface area contributed by atoms with Crippen molar-refractivity contribution < 1.29 is 27.7 Å². The molecule has 0 N–H and O–H groups in total. The number of halogens is 1. The molecule has 3 heteroatoms. The van der Waals surface area contributed by atoms with Crippen LogP contribution < -0.4 is 4.74 Å². The molecule has 0 aliphatic carbocycles. The minimum Gasteiger partial charge on any atom is -0.519 e. The summed E-state index contributed by atoms with van der Waals surface area (Å²) in [5.41, 5.74) is -0.623. The van der Waals surface area contributed by atoms with Crippen LogP contribution in [0.1, 0.15) is 18.9 Å². The van der Waals surface area contributed by atoms with Crippen molar-refractivity contribution in [3.63, 3.8) is 0 Å². The van der Waals surface area contributed by atoms with Crippen molar-refractivity contribution in [2.45, 2.75) is 19.0 Å². The summed E-state index contributed by atoms with van der Waals surface area (Å²) in [6, 6.07) is 8.16. The van der Waals surface area contributed by atoms with E-state index < -0.39 is 5.67 Å². The zero-order chi connectivity index (χ0) is 8.60. The Labute approximate surface area is 96.5 Å². The second-order valence-corrected chi connectivity index (χ2v) is 3.21. The Morgan fingerprint density at radius 2 is 2.29 bits per heavy atom. The smallest absolute Gasteiger partial charge is 0.519 e. The first-order valence-corrected chi connectivity index (χ1v) is 4.03. The van der Waals surface area contributed by atoms with E-state index in [9.17, 15) is 4.39 Å². The number of hydrogen-bond donors (Lipinski definition) is 0. The Hall–Kier alpha value is -0.466. The summed E-state index contributed by atoms with van der Waals surface area (Å²) in [5, 5.41) is 0. The fraction of sp³-hybridized carbons (Fsp3) is 0.364. The van der Waals surface area contributed by atoms with Crippen LogP contribution in [-0.4, -0.2) is 6.61 Å². The van der Waals surface area contributed by atoms with E-state index in [2.05, 4.69) is 6.07 Å². The van der Waals surface area contributed by atoms with Crippen molar-refractivity contribution in [2.24, 2.45) is 0 Å². The van der Waals surface area contributed by atoms with E-state index in [0.29, 0.717) is 24.3 Å². The largest absolute Gasteiger partial charge is 2.00 e. The van der Waals surface area contributed by atoms with Gasteiger partial charge in [-0.2, -0.15) is 18.2 Å². The van der Waals surface area contributed by atoms with E-state index in [1.54, 1.807) is 25.1 Å². The maximum atomic E-state index is 13.8. The molecule has 0 bridgehead atoms. The Bertz CT molecular complexity index is 299. The molecule has 0 saturated heterocycles. The number of alkyl halides is 1. The fourth-order valence-corrected chi connectivity index (χ4v) is 1.43. The number of hydrogen-bond acceptors (Lipinski definition) is 1. The molecule has 1 nitrogen and oxygen atoms in total. The SMILES string of the molecule is CC1(F)CCOc2[c-]cccc21.[CH3-].[V+2]. The van der Waals surface area contributed by atoms with Crippen molar-refractivity contribution in [2.75, 3.05) is 6.61 Å². The minimum absolute atomic E-state index is 0. The maximum Gasteiger partial charge on any atom is 2.00 e. The molecular weight excluding hydrogens is 218 g/mol. The molecule has 0 fully saturated rings. The molecule has 1 heterocycles. The van der Waals surface area contributed by atoms with Gasteiger partial charge in [0.05, 0.1) is 12.3 Å². The molecule has 1 radical (unpaired) electrons. The van der Waals surface area contributed by atoms with Crippen LogP contribution in [0.25, 0.3) is 0 Å². The molecule has 0 aromatic heterocycles. The number of fused-ring (bicyclic) bond motifs is 1. The van der Waals surface area contributed by atoms with Gasteiger partial charge in [0.2, 0.25) is 0 Å². The molecule has 1 aromatic carbocycles. The monoisotopic (exact) mass is 231 g/mol. The summed E-state index contributed by atoms with van der Waals surface area (Å²) >= 11 is 0. The minimum atomic E-state index is -1.24. The molecule has 1 atom stereocenters. The second-order valence-electron chi connectivity index (χ2n) is 3.21. The van der Waals surface area contributed by atoms with Crippen LogP contribution in [0, 0.1) is 13.5 Å². The number of benzene rings is 1. The van der Waals surface area contributed by atoms with E-state index in [1.807, 2.05) is 0 Å². The van der Waals surface area contributed by atoms with Gasteiger partial charge >= 0.3 is 18.6 Å². The van der Waals surface area contributed by atoms with Crippen molar-refractivity contribution in [1.29, 1.82) is 0 Å². The Kier molecular flexibility index (Phi) is 4.69. The Morgan fingerprint density at radius 1 is 1.57 bits per heavy atom. The maximum absolute atomic E-state index is 13.8. The van der Waals surface area contributed by atoms with Crippen LogP contribution in [0.15, 0.2) is 18.2 Å². The summed E-state index contributed by atoms with van der Waals surface area (Å²) in [4.78, 5) is 0. The topological polar surface area (TPSA) is 9.23 Å². The fourth-order valence-electron chi connectivity index (χ4n) is 1.43. The first-order chi connectivity index (χ1) is 5.70. The van der Waals surface area contributed by atoms with Crippen molar-refractivity contribution in [3.05, 3.63) is 37.3 Å². The van der Waals surface area contributed by atoms with Gasteiger partial charge in [0, 0.05) is 12.2 Å². The molecule has 1 unspecified atom stereocenters. The van der Waals surface area contributed by atoms with Gasteiger partial charge in [-0.3, -0.25) is 4.39 Å². The van der Waals surface area contributed by atoms with E-state index >= 15 is 0 Å². The van der Waals surface area contributed by atoms with Crippen LogP contribution >= 0.6 is 0 Å². The number of para-hydroxylation sites is 1. The van der Waals surface area contributed by atoms with Crippen LogP contribution in [0.3, 0.4) is 0 Å². The molecule has 1 aliphatic heterocycles. The van der Waals surface area contributed by atoms with E-state index in [4.69, 9.17) is 4.74 Å². The second kappa shape index (κ2) is 4.85. The van der Waals surface area contributed by atoms with Crippen LogP contribution in [0.2, 0.25) is 0 Å². The summed E-state index contributed by atoms with van der Waals surface area (Å²) in [7, 11) is 0. The van der Waals surface area contributed by atoms with Gasteiger partial charge in [0.15, 0.2) is 0 Å². The van der Waals surface area contributed by atoms with Crippen LogP contribution in [0.5, 0.6) is 5.75 Å². The average molecular weight is 231 g/mol. The molecule has 1 aliphatic rings. The summed E-state index contributed by atoms with van der Waals surface area (Å²) in [6.45, 7) is 2.03. The summed E-state index contributed by atoms with van der Waals surface area (Å²) in [6.07, 6.45) is 0.428. The average Bonchev–Trinajstić information content (AvgIpc) is 2.04. The van der Waals surface area contributed by atoms with Gasteiger partial charge in [-0.25, -0.2) is 0 Å². The molecule has 75 valence electrons. The van der Waals surface area contributed by atoms with Gasteiger partial charge in [-0.05, 0) is 6.92 Å². The van der Waals surface area contributed by atoms with Crippen LogP contribution in [-0.2, 0) is 24.2 Å². The van der Waals surface area contributed by atoms with Gasteiger partial charge in [-0.1, -0.05) is 5.56 Å². The van der Waals surface area contributed by atoms with Crippen molar-refractivity contribution >= 4 is 0 Å². The summed E-state index contributed by atoms with van der Waals surface area (Å²) < 4.78 is 19.0. The molecule has 2 rings (SSSR count). The normalized spacial score (nSPS) is 23.6. The van der Waals surface area contributed by atoms with Gasteiger partial charge in [0.25, 0.3) is 0 Å². The predicted molar refractivity (Wildman–Crippen MR) is 50.3 cm³/mol.